The molecule has 7 heteroatoms. The number of hydrogen-bond donors (Lipinski definition) is 2. The first-order valence-electron chi connectivity index (χ1n) is 7.03. The second-order valence-electron chi connectivity index (χ2n) is 5.46. The van der Waals surface area contributed by atoms with Gasteiger partial charge < -0.3 is 14.5 Å². The van der Waals surface area contributed by atoms with Crippen LogP contribution < -0.4 is 10.0 Å². The minimum Gasteiger partial charge on any atom is -0.465 e. The molecule has 0 radical (unpaired) electrons. The Kier molecular flexibility index (Phi) is 6.40. The molecular weight excluding hydrogens is 292 g/mol. The molecule has 21 heavy (non-hydrogen) atoms. The largest absolute Gasteiger partial charge is 0.465 e. The summed E-state index contributed by atoms with van der Waals surface area (Å²) >= 11 is 0. The van der Waals surface area contributed by atoms with Crippen molar-refractivity contribution in [3.05, 3.63) is 17.1 Å². The lowest BCUT2D eigenvalue weighted by Crippen LogP contribution is -2.33. The van der Waals surface area contributed by atoms with Gasteiger partial charge in [0.1, 0.15) is 16.4 Å². The number of nitrogens with one attached hydrogen (secondary N) is 2. The van der Waals surface area contributed by atoms with E-state index in [0.29, 0.717) is 23.6 Å². The van der Waals surface area contributed by atoms with Crippen LogP contribution in [0.2, 0.25) is 0 Å². The van der Waals surface area contributed by atoms with Gasteiger partial charge in [0.25, 0.3) is 0 Å². The SMILES string of the molecule is COC(C)CNS(=O)(=O)c1c(C)oc(C)c1CNC(C)C. The lowest BCUT2D eigenvalue weighted by molar-refractivity contribution is 0.122. The maximum Gasteiger partial charge on any atom is 0.244 e. The molecule has 1 rings (SSSR count). The van der Waals surface area contributed by atoms with E-state index in [2.05, 4.69) is 10.0 Å². The van der Waals surface area contributed by atoms with Gasteiger partial charge >= 0.3 is 0 Å². The molecule has 0 aliphatic carbocycles. The summed E-state index contributed by atoms with van der Waals surface area (Å²) in [5, 5.41) is 3.23. The average Bonchev–Trinajstić information content (AvgIpc) is 2.68. The normalized spacial score (nSPS) is 13.9. The Labute approximate surface area is 127 Å². The van der Waals surface area contributed by atoms with Gasteiger partial charge in [-0.25, -0.2) is 13.1 Å². The number of sulfonamides is 1. The first-order valence-corrected chi connectivity index (χ1v) is 8.52. The van der Waals surface area contributed by atoms with Crippen molar-refractivity contribution in [3.63, 3.8) is 0 Å². The molecule has 6 nitrogen and oxygen atoms in total. The van der Waals surface area contributed by atoms with Crippen molar-refractivity contribution in [3.8, 4) is 0 Å². The van der Waals surface area contributed by atoms with E-state index < -0.39 is 10.0 Å². The third kappa shape index (κ3) is 4.81. The summed E-state index contributed by atoms with van der Waals surface area (Å²) in [7, 11) is -2.07. The van der Waals surface area contributed by atoms with Crippen LogP contribution in [0.4, 0.5) is 0 Å². The molecule has 0 aromatic carbocycles. The monoisotopic (exact) mass is 318 g/mol. The maximum atomic E-state index is 12.5. The van der Waals surface area contributed by atoms with Gasteiger partial charge in [-0.3, -0.25) is 0 Å². The van der Waals surface area contributed by atoms with E-state index in [-0.39, 0.29) is 23.6 Å². The van der Waals surface area contributed by atoms with Gasteiger partial charge in [-0.1, -0.05) is 13.8 Å². The van der Waals surface area contributed by atoms with Crippen LogP contribution in [0.15, 0.2) is 9.31 Å². The third-order valence-corrected chi connectivity index (χ3v) is 4.86. The summed E-state index contributed by atoms with van der Waals surface area (Å²) in [6, 6.07) is 0.261. The summed E-state index contributed by atoms with van der Waals surface area (Å²) in [5.74, 6) is 1.03. The first kappa shape index (κ1) is 18.2. The van der Waals surface area contributed by atoms with Crippen molar-refractivity contribution >= 4 is 10.0 Å². The van der Waals surface area contributed by atoms with Crippen molar-refractivity contribution in [1.82, 2.24) is 10.0 Å². The Balaban J connectivity index is 3.04. The molecule has 0 bridgehead atoms. The van der Waals surface area contributed by atoms with Crippen LogP contribution in [0, 0.1) is 13.8 Å². The number of ether oxygens (including phenoxy) is 1. The van der Waals surface area contributed by atoms with Crippen molar-refractivity contribution in [2.75, 3.05) is 13.7 Å². The maximum absolute atomic E-state index is 12.5. The molecule has 0 saturated carbocycles. The standard InChI is InChI=1S/C14H26N2O4S/c1-9(2)15-8-13-11(4)20-12(5)14(13)21(17,18)16-7-10(3)19-6/h9-10,15-16H,7-8H2,1-6H3. The Bertz CT molecular complexity index is 564. The van der Waals surface area contributed by atoms with Crippen LogP contribution in [-0.4, -0.2) is 34.2 Å². The molecule has 1 aromatic heterocycles. The van der Waals surface area contributed by atoms with Gasteiger partial charge in [-0.2, -0.15) is 0 Å². The topological polar surface area (TPSA) is 80.6 Å². The Morgan fingerprint density at radius 3 is 2.33 bits per heavy atom. The van der Waals surface area contributed by atoms with E-state index in [9.17, 15) is 8.42 Å². The van der Waals surface area contributed by atoms with Gasteiger partial charge in [0.2, 0.25) is 10.0 Å². The quantitative estimate of drug-likeness (QED) is 0.762. The van der Waals surface area contributed by atoms with Crippen LogP contribution in [0.3, 0.4) is 0 Å². The molecule has 0 fully saturated rings. The van der Waals surface area contributed by atoms with Crippen molar-refractivity contribution in [2.45, 2.75) is 58.2 Å². The fraction of sp³-hybridized carbons (Fsp3) is 0.714. The van der Waals surface area contributed by atoms with Gasteiger partial charge in [0.05, 0.1) is 6.10 Å². The molecule has 2 N–H and O–H groups in total. The predicted molar refractivity (Wildman–Crippen MR) is 81.8 cm³/mol. The van der Waals surface area contributed by atoms with Crippen LogP contribution in [-0.2, 0) is 21.3 Å². The zero-order valence-electron chi connectivity index (χ0n) is 13.6. The van der Waals surface area contributed by atoms with Crippen molar-refractivity contribution < 1.29 is 17.6 Å². The van der Waals surface area contributed by atoms with E-state index in [0.717, 1.165) is 0 Å². The predicted octanol–water partition coefficient (Wildman–Crippen LogP) is 1.71. The summed E-state index contributed by atoms with van der Waals surface area (Å²) in [5.41, 5.74) is 0.679. The van der Waals surface area contributed by atoms with E-state index in [1.807, 2.05) is 13.8 Å². The van der Waals surface area contributed by atoms with E-state index >= 15 is 0 Å². The molecule has 1 heterocycles. The van der Waals surface area contributed by atoms with Crippen LogP contribution >= 0.6 is 0 Å². The Hall–Kier alpha value is -0.890. The van der Waals surface area contributed by atoms with Gasteiger partial charge in [0.15, 0.2) is 0 Å². The summed E-state index contributed by atoms with van der Waals surface area (Å²) < 4.78 is 38.1. The average molecular weight is 318 g/mol. The number of methoxy groups -OCH3 is 1. The van der Waals surface area contributed by atoms with Crippen LogP contribution in [0.25, 0.3) is 0 Å². The molecule has 0 amide bonds. The Morgan fingerprint density at radius 2 is 1.81 bits per heavy atom. The molecular formula is C14H26N2O4S. The number of aryl methyl sites for hydroxylation is 2. The van der Waals surface area contributed by atoms with E-state index in [1.54, 1.807) is 27.9 Å². The zero-order valence-corrected chi connectivity index (χ0v) is 14.4. The van der Waals surface area contributed by atoms with E-state index in [4.69, 9.17) is 9.15 Å². The lowest BCUT2D eigenvalue weighted by Gasteiger charge is -2.13. The second kappa shape index (κ2) is 7.40. The van der Waals surface area contributed by atoms with E-state index in [1.165, 1.54) is 0 Å². The fourth-order valence-corrected chi connectivity index (χ4v) is 3.51. The first-order chi connectivity index (χ1) is 9.69. The Morgan fingerprint density at radius 1 is 1.19 bits per heavy atom. The van der Waals surface area contributed by atoms with Crippen molar-refractivity contribution in [2.24, 2.45) is 0 Å². The number of hydrogen-bond acceptors (Lipinski definition) is 5. The summed E-state index contributed by atoms with van der Waals surface area (Å²) in [4.78, 5) is 0.233. The minimum atomic E-state index is -3.62. The van der Waals surface area contributed by atoms with Crippen LogP contribution in [0.1, 0.15) is 37.9 Å². The summed E-state index contributed by atoms with van der Waals surface area (Å²) in [6.45, 7) is 9.94. The highest BCUT2D eigenvalue weighted by Gasteiger charge is 2.27. The molecule has 1 atom stereocenters. The smallest absolute Gasteiger partial charge is 0.244 e. The molecule has 0 saturated heterocycles. The number of rotatable bonds is 8. The lowest BCUT2D eigenvalue weighted by atomic mass is 10.2. The second-order valence-corrected chi connectivity index (χ2v) is 7.16. The summed E-state index contributed by atoms with van der Waals surface area (Å²) in [6.07, 6.45) is -0.190. The molecule has 0 aliphatic rings. The number of furan rings is 1. The highest BCUT2D eigenvalue weighted by atomic mass is 32.2. The zero-order chi connectivity index (χ0) is 16.2. The molecule has 0 aliphatic heterocycles. The van der Waals surface area contributed by atoms with Crippen molar-refractivity contribution in [1.29, 1.82) is 0 Å². The van der Waals surface area contributed by atoms with Crippen LogP contribution in [0.5, 0.6) is 0 Å². The highest BCUT2D eigenvalue weighted by molar-refractivity contribution is 7.89. The fourth-order valence-electron chi connectivity index (χ4n) is 1.95. The third-order valence-electron chi connectivity index (χ3n) is 3.24. The minimum absolute atomic E-state index is 0.190. The molecule has 0 spiro atoms. The van der Waals surface area contributed by atoms with Gasteiger partial charge in [-0.15, -0.1) is 0 Å². The molecule has 122 valence electrons. The van der Waals surface area contributed by atoms with Gasteiger partial charge in [0, 0.05) is 31.8 Å². The van der Waals surface area contributed by atoms with Gasteiger partial charge in [-0.05, 0) is 20.8 Å². The molecule has 1 aromatic rings. The molecule has 1 unspecified atom stereocenters. The highest BCUT2D eigenvalue weighted by Crippen LogP contribution is 2.26.